The second kappa shape index (κ2) is 6.78. The molecule has 0 bridgehead atoms. The molecule has 0 radical (unpaired) electrons. The molecule has 25 heavy (non-hydrogen) atoms. The van der Waals surface area contributed by atoms with Crippen LogP contribution in [0.5, 0.6) is 0 Å². The number of nitrogens with one attached hydrogen (secondary N) is 1. The molecule has 1 aliphatic heterocycles. The number of hydrogen-bond acceptors (Lipinski definition) is 6. The van der Waals surface area contributed by atoms with Gasteiger partial charge in [-0.15, -0.1) is 0 Å². The molecule has 0 atom stereocenters. The van der Waals surface area contributed by atoms with Gasteiger partial charge in [-0.1, -0.05) is 11.3 Å². The van der Waals surface area contributed by atoms with Crippen LogP contribution in [0.3, 0.4) is 0 Å². The van der Waals surface area contributed by atoms with E-state index >= 15 is 0 Å². The number of carbonyl (C=O) groups is 1. The average Bonchev–Trinajstić information content (AvgIpc) is 3.06. The highest BCUT2D eigenvalue weighted by Crippen LogP contribution is 2.31. The summed E-state index contributed by atoms with van der Waals surface area (Å²) in [5.41, 5.74) is 3.14. The van der Waals surface area contributed by atoms with Crippen LogP contribution in [0, 0.1) is 6.92 Å². The number of fused-ring (bicyclic) bond motifs is 1. The number of amides is 1. The maximum atomic E-state index is 12.3. The van der Waals surface area contributed by atoms with Crippen molar-refractivity contribution >= 4 is 38.3 Å². The van der Waals surface area contributed by atoms with Crippen LogP contribution in [0.2, 0.25) is 0 Å². The van der Waals surface area contributed by atoms with Gasteiger partial charge in [0.05, 0.1) is 29.0 Å². The van der Waals surface area contributed by atoms with Crippen molar-refractivity contribution in [3.8, 4) is 0 Å². The Morgan fingerprint density at radius 1 is 1.24 bits per heavy atom. The summed E-state index contributed by atoms with van der Waals surface area (Å²) in [6, 6.07) is 9.40. The lowest BCUT2D eigenvalue weighted by molar-refractivity contribution is 0.102. The summed E-state index contributed by atoms with van der Waals surface area (Å²) >= 11 is 1.64. The number of pyridine rings is 1. The van der Waals surface area contributed by atoms with Gasteiger partial charge in [0.15, 0.2) is 5.13 Å². The fraction of sp³-hybridized carbons (Fsp3) is 0.278. The topological polar surface area (TPSA) is 67.4 Å². The summed E-state index contributed by atoms with van der Waals surface area (Å²) < 4.78 is 6.45. The minimum atomic E-state index is -0.162. The lowest BCUT2D eigenvalue weighted by Gasteiger charge is -2.25. The van der Waals surface area contributed by atoms with Gasteiger partial charge in [-0.2, -0.15) is 0 Å². The molecule has 3 heterocycles. The highest BCUT2D eigenvalue weighted by molar-refractivity contribution is 7.22. The van der Waals surface area contributed by atoms with Gasteiger partial charge < -0.3 is 15.0 Å². The third-order valence-electron chi connectivity index (χ3n) is 4.09. The molecule has 1 fully saturated rings. The normalized spacial score (nSPS) is 14.7. The lowest BCUT2D eigenvalue weighted by atomic mass is 10.2. The molecule has 0 aliphatic carbocycles. The first-order chi connectivity index (χ1) is 12.2. The van der Waals surface area contributed by atoms with Crippen LogP contribution in [0.4, 0.5) is 10.8 Å². The average molecular weight is 354 g/mol. The maximum Gasteiger partial charge on any atom is 0.257 e. The highest BCUT2D eigenvalue weighted by atomic mass is 32.1. The molecular weight excluding hydrogens is 336 g/mol. The Bertz CT molecular complexity index is 901. The largest absolute Gasteiger partial charge is 0.378 e. The predicted octanol–water partition coefficient (Wildman–Crippen LogP) is 3.09. The number of nitrogens with zero attached hydrogens (tertiary/aromatic N) is 3. The number of aromatic nitrogens is 2. The van der Waals surface area contributed by atoms with Crippen LogP contribution in [0.15, 0.2) is 36.5 Å². The lowest BCUT2D eigenvalue weighted by Crippen LogP contribution is -2.36. The van der Waals surface area contributed by atoms with E-state index in [0.29, 0.717) is 5.56 Å². The van der Waals surface area contributed by atoms with Crippen LogP contribution in [-0.4, -0.2) is 42.2 Å². The fourth-order valence-corrected chi connectivity index (χ4v) is 3.74. The Balaban J connectivity index is 1.54. The first kappa shape index (κ1) is 16.0. The standard InChI is InChI=1S/C18H18N4O2S/c1-12-2-3-13(11-19-12)17(23)20-14-4-5-15-16(10-14)25-18(21-15)22-6-8-24-9-7-22/h2-5,10-11H,6-9H2,1H3,(H,20,23). The summed E-state index contributed by atoms with van der Waals surface area (Å²) in [6.45, 7) is 5.10. The van der Waals surface area contributed by atoms with Crippen molar-refractivity contribution in [3.05, 3.63) is 47.8 Å². The van der Waals surface area contributed by atoms with Gasteiger partial charge in [0.1, 0.15) is 0 Å². The number of rotatable bonds is 3. The van der Waals surface area contributed by atoms with Gasteiger partial charge in [-0.25, -0.2) is 4.98 Å². The first-order valence-corrected chi connectivity index (χ1v) is 8.98. The zero-order valence-corrected chi connectivity index (χ0v) is 14.7. The zero-order valence-electron chi connectivity index (χ0n) is 13.9. The Morgan fingerprint density at radius 3 is 2.84 bits per heavy atom. The summed E-state index contributed by atoms with van der Waals surface area (Å²) in [6.07, 6.45) is 1.59. The third-order valence-corrected chi connectivity index (χ3v) is 5.17. The fourth-order valence-electron chi connectivity index (χ4n) is 2.69. The molecule has 1 saturated heterocycles. The number of aryl methyl sites for hydroxylation is 1. The van der Waals surface area contributed by atoms with E-state index in [1.807, 2.05) is 31.2 Å². The quantitative estimate of drug-likeness (QED) is 0.783. The van der Waals surface area contributed by atoms with Crippen LogP contribution < -0.4 is 10.2 Å². The van der Waals surface area contributed by atoms with E-state index in [9.17, 15) is 4.79 Å². The van der Waals surface area contributed by atoms with Crippen LogP contribution in [-0.2, 0) is 4.74 Å². The number of hydrogen-bond donors (Lipinski definition) is 1. The number of morpholine rings is 1. The molecular formula is C18H18N4O2S. The number of benzene rings is 1. The Morgan fingerprint density at radius 2 is 2.08 bits per heavy atom. The Hall–Kier alpha value is -2.51. The molecule has 0 unspecified atom stereocenters. The summed E-state index contributed by atoms with van der Waals surface area (Å²) in [5.74, 6) is -0.162. The van der Waals surface area contributed by atoms with Gasteiger partial charge in [0.25, 0.3) is 5.91 Å². The van der Waals surface area contributed by atoms with E-state index in [-0.39, 0.29) is 5.91 Å². The second-order valence-electron chi connectivity index (χ2n) is 5.92. The smallest absolute Gasteiger partial charge is 0.257 e. The summed E-state index contributed by atoms with van der Waals surface area (Å²) in [7, 11) is 0. The Labute approximate surface area is 149 Å². The van der Waals surface area contributed by atoms with Crippen molar-refractivity contribution in [1.29, 1.82) is 0 Å². The van der Waals surface area contributed by atoms with E-state index in [4.69, 9.17) is 9.72 Å². The maximum absolute atomic E-state index is 12.3. The molecule has 2 aromatic heterocycles. The molecule has 128 valence electrons. The van der Waals surface area contributed by atoms with E-state index in [2.05, 4.69) is 15.2 Å². The predicted molar refractivity (Wildman–Crippen MR) is 99.6 cm³/mol. The van der Waals surface area contributed by atoms with Crippen LogP contribution in [0.25, 0.3) is 10.2 Å². The highest BCUT2D eigenvalue weighted by Gasteiger charge is 2.16. The van der Waals surface area contributed by atoms with Gasteiger partial charge in [-0.3, -0.25) is 9.78 Å². The van der Waals surface area contributed by atoms with Crippen molar-refractivity contribution in [2.45, 2.75) is 6.92 Å². The number of thiazole rings is 1. The molecule has 1 aromatic carbocycles. The van der Waals surface area contributed by atoms with E-state index in [0.717, 1.165) is 53.0 Å². The van der Waals surface area contributed by atoms with E-state index in [1.165, 1.54) is 0 Å². The van der Waals surface area contributed by atoms with Gasteiger partial charge in [0, 0.05) is 30.7 Å². The minimum absolute atomic E-state index is 0.162. The molecule has 0 saturated carbocycles. The zero-order chi connectivity index (χ0) is 17.2. The van der Waals surface area contributed by atoms with Gasteiger partial charge in [-0.05, 0) is 37.3 Å². The molecule has 4 rings (SSSR count). The molecule has 6 nitrogen and oxygen atoms in total. The van der Waals surface area contributed by atoms with Crippen molar-refractivity contribution < 1.29 is 9.53 Å². The van der Waals surface area contributed by atoms with Crippen molar-refractivity contribution in [3.63, 3.8) is 0 Å². The summed E-state index contributed by atoms with van der Waals surface area (Å²) in [4.78, 5) is 23.4. The summed E-state index contributed by atoms with van der Waals surface area (Å²) in [5, 5.41) is 3.93. The van der Waals surface area contributed by atoms with Gasteiger partial charge in [0.2, 0.25) is 0 Å². The minimum Gasteiger partial charge on any atom is -0.378 e. The number of ether oxygens (including phenoxy) is 1. The molecule has 0 spiro atoms. The second-order valence-corrected chi connectivity index (χ2v) is 6.93. The van der Waals surface area contributed by atoms with Crippen molar-refractivity contribution in [2.75, 3.05) is 36.5 Å². The van der Waals surface area contributed by atoms with Crippen LogP contribution >= 0.6 is 11.3 Å². The van der Waals surface area contributed by atoms with Crippen molar-refractivity contribution in [2.24, 2.45) is 0 Å². The van der Waals surface area contributed by atoms with Gasteiger partial charge >= 0.3 is 0 Å². The first-order valence-electron chi connectivity index (χ1n) is 8.16. The van der Waals surface area contributed by atoms with E-state index < -0.39 is 0 Å². The van der Waals surface area contributed by atoms with Crippen molar-refractivity contribution in [1.82, 2.24) is 9.97 Å². The number of anilines is 2. The Kier molecular flexibility index (Phi) is 4.33. The molecule has 3 aromatic rings. The SMILES string of the molecule is Cc1ccc(C(=O)Nc2ccc3nc(N4CCOCC4)sc3c2)cn1. The van der Waals surface area contributed by atoms with Crippen LogP contribution in [0.1, 0.15) is 16.1 Å². The monoisotopic (exact) mass is 354 g/mol. The third kappa shape index (κ3) is 3.47. The molecule has 1 aliphatic rings. The molecule has 1 N–H and O–H groups in total. The molecule has 1 amide bonds. The van der Waals surface area contributed by atoms with E-state index in [1.54, 1.807) is 23.6 Å². The molecule has 7 heteroatoms. The number of carbonyl (C=O) groups excluding carboxylic acids is 1.